The van der Waals surface area contributed by atoms with Gasteiger partial charge >= 0.3 is 6.18 Å². The van der Waals surface area contributed by atoms with E-state index >= 15 is 0 Å². The van der Waals surface area contributed by atoms with Crippen molar-refractivity contribution in [3.8, 4) is 5.75 Å². The van der Waals surface area contributed by atoms with Gasteiger partial charge in [-0.15, -0.1) is 0 Å². The molecule has 1 N–H and O–H groups in total. The first-order valence-electron chi connectivity index (χ1n) is 9.66. The first kappa shape index (κ1) is 19.4. The molecular weight excluding hydrogens is 417 g/mol. The molecule has 30 heavy (non-hydrogen) atoms. The Hall–Kier alpha value is -2.61. The maximum atomic E-state index is 13.7. The third kappa shape index (κ3) is 3.43. The van der Waals surface area contributed by atoms with Gasteiger partial charge in [-0.25, -0.2) is 15.0 Å². The zero-order valence-corrected chi connectivity index (χ0v) is 16.8. The molecule has 1 saturated carbocycles. The lowest BCUT2D eigenvalue weighted by Gasteiger charge is -2.23. The normalized spacial score (nSPS) is 20.1. The Morgan fingerprint density at radius 2 is 2.03 bits per heavy atom. The minimum absolute atomic E-state index is 0.122. The highest BCUT2D eigenvalue weighted by Gasteiger charge is 2.46. The Kier molecular flexibility index (Phi) is 4.32. The average Bonchev–Trinajstić information content (AvgIpc) is 3.45. The lowest BCUT2D eigenvalue weighted by molar-refractivity contribution is -0.139. The zero-order valence-electron chi connectivity index (χ0n) is 16.1. The molecule has 5 nitrogen and oxygen atoms in total. The molecule has 2 bridgehead atoms. The molecule has 1 aliphatic carbocycles. The second-order valence-corrected chi connectivity index (χ2v) is 8.45. The number of rotatable bonds is 0. The minimum Gasteiger partial charge on any atom is -0.492 e. The van der Waals surface area contributed by atoms with E-state index in [1.54, 1.807) is 25.3 Å². The average molecular weight is 435 g/mol. The first-order chi connectivity index (χ1) is 14.2. The number of aromatic nitrogens is 3. The molecule has 0 saturated heterocycles. The van der Waals surface area contributed by atoms with Crippen LogP contribution >= 0.6 is 11.6 Å². The summed E-state index contributed by atoms with van der Waals surface area (Å²) in [5.74, 6) is 1.01. The lowest BCUT2D eigenvalue weighted by Crippen LogP contribution is -2.20. The van der Waals surface area contributed by atoms with Gasteiger partial charge in [0.1, 0.15) is 22.5 Å². The molecule has 1 atom stereocenters. The summed E-state index contributed by atoms with van der Waals surface area (Å²) >= 11 is 6.07. The van der Waals surface area contributed by atoms with Crippen LogP contribution in [0.1, 0.15) is 42.8 Å². The van der Waals surface area contributed by atoms with E-state index in [-0.39, 0.29) is 17.8 Å². The van der Waals surface area contributed by atoms with Crippen LogP contribution in [0.15, 0.2) is 30.5 Å². The SMILES string of the molecule is C[C@H]1Nc2nc(nc3cnc(Cl)cc23)CC2(CC2)COc2c1cccc2C(F)(F)F. The number of para-hydroxylation sites is 1. The fourth-order valence-electron chi connectivity index (χ4n) is 3.92. The van der Waals surface area contributed by atoms with E-state index in [9.17, 15) is 13.2 Å². The van der Waals surface area contributed by atoms with Crippen molar-refractivity contribution in [2.45, 2.75) is 38.4 Å². The summed E-state index contributed by atoms with van der Waals surface area (Å²) in [4.78, 5) is 13.4. The second kappa shape index (κ2) is 6.70. The predicted molar refractivity (Wildman–Crippen MR) is 107 cm³/mol. The van der Waals surface area contributed by atoms with E-state index in [0.29, 0.717) is 39.7 Å². The van der Waals surface area contributed by atoms with Crippen LogP contribution in [-0.4, -0.2) is 21.6 Å². The van der Waals surface area contributed by atoms with Crippen molar-refractivity contribution >= 4 is 28.3 Å². The molecule has 0 unspecified atom stereocenters. The molecule has 0 amide bonds. The summed E-state index contributed by atoms with van der Waals surface area (Å²) in [5, 5.41) is 4.21. The van der Waals surface area contributed by atoms with Crippen molar-refractivity contribution in [3.63, 3.8) is 0 Å². The van der Waals surface area contributed by atoms with E-state index in [2.05, 4.69) is 20.3 Å². The maximum absolute atomic E-state index is 13.7. The number of halogens is 4. The van der Waals surface area contributed by atoms with E-state index in [0.717, 1.165) is 18.9 Å². The van der Waals surface area contributed by atoms with Crippen LogP contribution in [0.5, 0.6) is 5.75 Å². The minimum atomic E-state index is -4.51. The Morgan fingerprint density at radius 3 is 2.77 bits per heavy atom. The quantitative estimate of drug-likeness (QED) is 0.468. The molecule has 1 fully saturated rings. The van der Waals surface area contributed by atoms with Gasteiger partial charge in [-0.1, -0.05) is 23.7 Å². The van der Waals surface area contributed by atoms with Crippen LogP contribution in [0.2, 0.25) is 5.15 Å². The maximum Gasteiger partial charge on any atom is 0.419 e. The molecule has 1 aliphatic heterocycles. The molecule has 2 aliphatic rings. The second-order valence-electron chi connectivity index (χ2n) is 8.07. The van der Waals surface area contributed by atoms with Crippen LogP contribution in [0.25, 0.3) is 10.9 Å². The largest absolute Gasteiger partial charge is 0.492 e. The van der Waals surface area contributed by atoms with Crippen LogP contribution in [-0.2, 0) is 12.6 Å². The van der Waals surface area contributed by atoms with Gasteiger partial charge in [-0.3, -0.25) is 0 Å². The molecule has 5 rings (SSSR count). The molecule has 0 radical (unpaired) electrons. The molecule has 156 valence electrons. The van der Waals surface area contributed by atoms with Crippen LogP contribution in [0.3, 0.4) is 0 Å². The molecule has 1 aromatic carbocycles. The Bertz CT molecular complexity index is 1150. The number of alkyl halides is 3. The smallest absolute Gasteiger partial charge is 0.419 e. The number of nitrogens with zero attached hydrogens (tertiary/aromatic N) is 3. The highest BCUT2D eigenvalue weighted by molar-refractivity contribution is 6.30. The Balaban J connectivity index is 1.69. The third-order valence-corrected chi connectivity index (χ3v) is 5.99. The van der Waals surface area contributed by atoms with Gasteiger partial charge in [0.2, 0.25) is 0 Å². The molecule has 9 heteroatoms. The van der Waals surface area contributed by atoms with Gasteiger partial charge in [-0.2, -0.15) is 13.2 Å². The van der Waals surface area contributed by atoms with Crippen LogP contribution in [0.4, 0.5) is 19.0 Å². The van der Waals surface area contributed by atoms with Gasteiger partial charge in [-0.05, 0) is 31.9 Å². The van der Waals surface area contributed by atoms with Crippen molar-refractivity contribution < 1.29 is 17.9 Å². The fourth-order valence-corrected chi connectivity index (χ4v) is 4.07. The van der Waals surface area contributed by atoms with E-state index in [1.165, 1.54) is 6.07 Å². The van der Waals surface area contributed by atoms with Gasteiger partial charge < -0.3 is 10.1 Å². The summed E-state index contributed by atoms with van der Waals surface area (Å²) in [5.41, 5.74) is 0.0443. The summed E-state index contributed by atoms with van der Waals surface area (Å²) in [6, 6.07) is 5.28. The standard InChI is InChI=1S/C21H18ClF3N4O/c1-11-12-3-2-4-14(21(23,24)25)18(12)30-10-20(5-6-20)8-17-28-15-9-26-16(22)7-13(15)19(27-11)29-17/h2-4,7,9,11H,5-6,8,10H2,1H3,(H,27,28,29)/t11-/m1/s1. The number of nitrogens with one attached hydrogen (secondary N) is 1. The Morgan fingerprint density at radius 1 is 1.23 bits per heavy atom. The summed E-state index contributed by atoms with van der Waals surface area (Å²) in [6.45, 7) is 1.97. The number of fused-ring (bicyclic) bond motifs is 5. The predicted octanol–water partition coefficient (Wildman–Crippen LogP) is 5.59. The first-order valence-corrected chi connectivity index (χ1v) is 10.0. The molecule has 3 heterocycles. The third-order valence-electron chi connectivity index (χ3n) is 5.78. The van der Waals surface area contributed by atoms with Gasteiger partial charge in [0.25, 0.3) is 0 Å². The van der Waals surface area contributed by atoms with Gasteiger partial charge in [0, 0.05) is 22.8 Å². The van der Waals surface area contributed by atoms with Crippen molar-refractivity contribution in [2.24, 2.45) is 5.41 Å². The molecule has 2 aromatic heterocycles. The molecule has 3 aromatic rings. The highest BCUT2D eigenvalue weighted by atomic mass is 35.5. The fraction of sp³-hybridized carbons (Fsp3) is 0.381. The van der Waals surface area contributed by atoms with Gasteiger partial charge in [0.15, 0.2) is 0 Å². The van der Waals surface area contributed by atoms with E-state index in [4.69, 9.17) is 16.3 Å². The monoisotopic (exact) mass is 434 g/mol. The Labute approximate surface area is 175 Å². The number of pyridine rings is 1. The zero-order chi connectivity index (χ0) is 21.1. The van der Waals surface area contributed by atoms with Crippen LogP contribution < -0.4 is 10.1 Å². The number of hydrogen-bond acceptors (Lipinski definition) is 5. The molecular formula is C21H18ClF3N4O. The highest BCUT2D eigenvalue weighted by Crippen LogP contribution is 2.50. The lowest BCUT2D eigenvalue weighted by atomic mass is 10.0. The number of hydrogen-bond donors (Lipinski definition) is 1. The number of ether oxygens (including phenoxy) is 1. The molecule has 1 spiro atoms. The summed E-state index contributed by atoms with van der Waals surface area (Å²) in [6.07, 6.45) is -0.683. The van der Waals surface area contributed by atoms with Gasteiger partial charge in [0.05, 0.1) is 29.9 Å². The number of benzene rings is 1. The van der Waals surface area contributed by atoms with Crippen molar-refractivity contribution in [3.05, 3.63) is 52.6 Å². The summed E-state index contributed by atoms with van der Waals surface area (Å²) < 4.78 is 47.0. The summed E-state index contributed by atoms with van der Waals surface area (Å²) in [7, 11) is 0. The number of anilines is 1. The van der Waals surface area contributed by atoms with Crippen molar-refractivity contribution in [1.82, 2.24) is 15.0 Å². The van der Waals surface area contributed by atoms with Crippen molar-refractivity contribution in [1.29, 1.82) is 0 Å². The van der Waals surface area contributed by atoms with Crippen molar-refractivity contribution in [2.75, 3.05) is 11.9 Å². The topological polar surface area (TPSA) is 59.9 Å². The van der Waals surface area contributed by atoms with E-state index in [1.807, 2.05) is 0 Å². The van der Waals surface area contributed by atoms with E-state index < -0.39 is 17.8 Å². The van der Waals surface area contributed by atoms with Crippen LogP contribution in [0, 0.1) is 5.41 Å².